The van der Waals surface area contributed by atoms with E-state index in [1.54, 1.807) is 0 Å². The normalized spacial score (nSPS) is 17.7. The zero-order chi connectivity index (χ0) is 15.1. The Hall–Kier alpha value is -1.26. The Balaban J connectivity index is 0.00000242. The molecule has 124 valence electrons. The van der Waals surface area contributed by atoms with Crippen LogP contribution in [0.2, 0.25) is 0 Å². The minimum absolute atomic E-state index is 0. The molecule has 1 aliphatic rings. The molecule has 5 heteroatoms. The third-order valence-electron chi connectivity index (χ3n) is 4.01. The first-order valence-electron chi connectivity index (χ1n) is 7.89. The molecule has 4 nitrogen and oxygen atoms in total. The van der Waals surface area contributed by atoms with Crippen molar-refractivity contribution >= 4 is 18.3 Å². The average molecular weight is 327 g/mol. The van der Waals surface area contributed by atoms with Gasteiger partial charge in [-0.05, 0) is 50.3 Å². The third kappa shape index (κ3) is 5.50. The van der Waals surface area contributed by atoms with Crippen molar-refractivity contribution in [3.05, 3.63) is 29.8 Å². The van der Waals surface area contributed by atoms with Crippen LogP contribution in [0.4, 0.5) is 0 Å². The molecule has 1 aliphatic heterocycles. The monoisotopic (exact) mass is 326 g/mol. The number of hydrogen-bond donors (Lipinski definition) is 1. The second-order valence-corrected chi connectivity index (χ2v) is 5.74. The van der Waals surface area contributed by atoms with Gasteiger partial charge in [-0.25, -0.2) is 0 Å². The zero-order valence-corrected chi connectivity index (χ0v) is 14.1. The lowest BCUT2D eigenvalue weighted by Crippen LogP contribution is -2.47. The molecule has 1 heterocycles. The molecule has 1 atom stereocenters. The minimum atomic E-state index is 0. The van der Waals surface area contributed by atoms with Crippen molar-refractivity contribution in [2.75, 3.05) is 19.7 Å². The van der Waals surface area contributed by atoms with E-state index in [0.717, 1.165) is 31.6 Å². The van der Waals surface area contributed by atoms with E-state index in [1.165, 1.54) is 12.0 Å². The van der Waals surface area contributed by atoms with Gasteiger partial charge in [0.15, 0.2) is 0 Å². The number of ether oxygens (including phenoxy) is 1. The molecule has 2 rings (SSSR count). The number of aryl methyl sites for hydroxylation is 1. The first kappa shape index (κ1) is 18.8. The van der Waals surface area contributed by atoms with Crippen LogP contribution in [-0.4, -0.2) is 36.5 Å². The maximum absolute atomic E-state index is 12.2. The number of likely N-dealkylation sites (tertiary alicyclic amines) is 1. The van der Waals surface area contributed by atoms with Gasteiger partial charge in [0.1, 0.15) is 5.75 Å². The number of rotatable bonds is 6. The van der Waals surface area contributed by atoms with Crippen LogP contribution in [-0.2, 0) is 4.79 Å². The molecule has 1 unspecified atom stereocenters. The molecular weight excluding hydrogens is 300 g/mol. The van der Waals surface area contributed by atoms with E-state index in [0.29, 0.717) is 19.6 Å². The van der Waals surface area contributed by atoms with Gasteiger partial charge in [-0.3, -0.25) is 4.79 Å². The fourth-order valence-corrected chi connectivity index (χ4v) is 2.84. The molecule has 1 saturated heterocycles. The fourth-order valence-electron chi connectivity index (χ4n) is 2.84. The van der Waals surface area contributed by atoms with Crippen LogP contribution in [0.5, 0.6) is 5.75 Å². The molecule has 0 radical (unpaired) electrons. The number of nitrogens with two attached hydrogens (primary N) is 1. The number of nitrogens with zero attached hydrogens (tertiary/aromatic N) is 1. The van der Waals surface area contributed by atoms with Crippen molar-refractivity contribution in [1.29, 1.82) is 0 Å². The van der Waals surface area contributed by atoms with Gasteiger partial charge in [-0.1, -0.05) is 12.1 Å². The van der Waals surface area contributed by atoms with Crippen LogP contribution < -0.4 is 10.5 Å². The average Bonchev–Trinajstić information content (AvgIpc) is 2.51. The standard InChI is InChI=1S/C17H26N2O2.ClH/c1-14-6-4-8-16(12-14)21-11-5-9-17(20)19-10-3-2-7-15(19)13-18;/h4,6,8,12,15H,2-3,5,7,9-11,13,18H2,1H3;1H. The van der Waals surface area contributed by atoms with Gasteiger partial charge in [-0.2, -0.15) is 0 Å². The lowest BCUT2D eigenvalue weighted by atomic mass is 10.0. The summed E-state index contributed by atoms with van der Waals surface area (Å²) in [5, 5.41) is 0. The van der Waals surface area contributed by atoms with Gasteiger partial charge in [0, 0.05) is 25.6 Å². The number of carbonyl (C=O) groups is 1. The van der Waals surface area contributed by atoms with Crippen molar-refractivity contribution in [3.8, 4) is 5.75 Å². The summed E-state index contributed by atoms with van der Waals surface area (Å²) < 4.78 is 5.68. The first-order chi connectivity index (χ1) is 10.2. The van der Waals surface area contributed by atoms with Crippen molar-refractivity contribution in [2.45, 2.75) is 45.1 Å². The number of piperidine rings is 1. The number of halogens is 1. The van der Waals surface area contributed by atoms with Crippen LogP contribution in [0, 0.1) is 6.92 Å². The third-order valence-corrected chi connectivity index (χ3v) is 4.01. The Morgan fingerprint density at radius 1 is 1.41 bits per heavy atom. The highest BCUT2D eigenvalue weighted by Crippen LogP contribution is 2.18. The van der Waals surface area contributed by atoms with E-state index in [-0.39, 0.29) is 24.4 Å². The molecule has 0 bridgehead atoms. The summed E-state index contributed by atoms with van der Waals surface area (Å²) in [6.45, 7) is 4.06. The predicted molar refractivity (Wildman–Crippen MR) is 91.6 cm³/mol. The highest BCUT2D eigenvalue weighted by Gasteiger charge is 2.24. The Bertz CT molecular complexity index is 468. The molecule has 1 fully saturated rings. The van der Waals surface area contributed by atoms with E-state index in [9.17, 15) is 4.79 Å². The molecule has 0 aliphatic carbocycles. The summed E-state index contributed by atoms with van der Waals surface area (Å²) in [6.07, 6.45) is 4.62. The van der Waals surface area contributed by atoms with Gasteiger partial charge >= 0.3 is 0 Å². The van der Waals surface area contributed by atoms with Gasteiger partial charge in [-0.15, -0.1) is 12.4 Å². The minimum Gasteiger partial charge on any atom is -0.494 e. The quantitative estimate of drug-likeness (QED) is 0.818. The van der Waals surface area contributed by atoms with Crippen molar-refractivity contribution < 1.29 is 9.53 Å². The topological polar surface area (TPSA) is 55.6 Å². The summed E-state index contributed by atoms with van der Waals surface area (Å²) in [7, 11) is 0. The molecule has 1 aromatic rings. The number of carbonyl (C=O) groups excluding carboxylic acids is 1. The zero-order valence-electron chi connectivity index (χ0n) is 13.3. The number of benzene rings is 1. The van der Waals surface area contributed by atoms with E-state index in [2.05, 4.69) is 0 Å². The molecule has 1 aromatic carbocycles. The van der Waals surface area contributed by atoms with Crippen molar-refractivity contribution in [2.24, 2.45) is 5.73 Å². The summed E-state index contributed by atoms with van der Waals surface area (Å²) >= 11 is 0. The number of hydrogen-bond acceptors (Lipinski definition) is 3. The molecule has 1 amide bonds. The Labute approximate surface area is 139 Å². The highest BCUT2D eigenvalue weighted by molar-refractivity contribution is 5.85. The lowest BCUT2D eigenvalue weighted by molar-refractivity contribution is -0.134. The molecule has 2 N–H and O–H groups in total. The fraction of sp³-hybridized carbons (Fsp3) is 0.588. The van der Waals surface area contributed by atoms with Gasteiger partial charge in [0.05, 0.1) is 6.61 Å². The van der Waals surface area contributed by atoms with Crippen molar-refractivity contribution in [1.82, 2.24) is 4.90 Å². The van der Waals surface area contributed by atoms with E-state index < -0.39 is 0 Å². The summed E-state index contributed by atoms with van der Waals surface area (Å²) in [6, 6.07) is 8.22. The summed E-state index contributed by atoms with van der Waals surface area (Å²) in [4.78, 5) is 14.2. The van der Waals surface area contributed by atoms with Crippen molar-refractivity contribution in [3.63, 3.8) is 0 Å². The smallest absolute Gasteiger partial charge is 0.222 e. The second kappa shape index (κ2) is 9.70. The lowest BCUT2D eigenvalue weighted by Gasteiger charge is -2.35. The van der Waals surface area contributed by atoms with E-state index in [4.69, 9.17) is 10.5 Å². The highest BCUT2D eigenvalue weighted by atomic mass is 35.5. The Kier molecular flexibility index (Phi) is 8.28. The molecule has 22 heavy (non-hydrogen) atoms. The van der Waals surface area contributed by atoms with Gasteiger partial charge in [0.2, 0.25) is 5.91 Å². The van der Waals surface area contributed by atoms with Crippen LogP contribution >= 0.6 is 12.4 Å². The molecular formula is C17H27ClN2O2. The van der Waals surface area contributed by atoms with Crippen LogP contribution in [0.3, 0.4) is 0 Å². The largest absolute Gasteiger partial charge is 0.494 e. The summed E-state index contributed by atoms with van der Waals surface area (Å²) in [5.41, 5.74) is 6.94. The second-order valence-electron chi connectivity index (χ2n) is 5.74. The SMILES string of the molecule is Cc1cccc(OCCCC(=O)N2CCCCC2CN)c1.Cl. The van der Waals surface area contributed by atoms with Gasteiger partial charge in [0.25, 0.3) is 0 Å². The first-order valence-corrected chi connectivity index (χ1v) is 7.89. The maximum Gasteiger partial charge on any atom is 0.222 e. The Morgan fingerprint density at radius 2 is 2.23 bits per heavy atom. The maximum atomic E-state index is 12.2. The molecule has 0 aromatic heterocycles. The van der Waals surface area contributed by atoms with Gasteiger partial charge < -0.3 is 15.4 Å². The van der Waals surface area contributed by atoms with E-state index >= 15 is 0 Å². The predicted octanol–water partition coefficient (Wildman–Crippen LogP) is 2.92. The molecule has 0 saturated carbocycles. The van der Waals surface area contributed by atoms with Crippen LogP contribution in [0.15, 0.2) is 24.3 Å². The number of amides is 1. The Morgan fingerprint density at radius 3 is 2.95 bits per heavy atom. The molecule has 0 spiro atoms. The summed E-state index contributed by atoms with van der Waals surface area (Å²) in [5.74, 6) is 1.10. The van der Waals surface area contributed by atoms with Crippen LogP contribution in [0.25, 0.3) is 0 Å². The van der Waals surface area contributed by atoms with Crippen LogP contribution in [0.1, 0.15) is 37.7 Å². The van der Waals surface area contributed by atoms with E-state index in [1.807, 2.05) is 36.1 Å².